The fourth-order valence-electron chi connectivity index (χ4n) is 2.63. The number of hydrogen-bond acceptors (Lipinski definition) is 3. The summed E-state index contributed by atoms with van der Waals surface area (Å²) in [5.74, 6) is 0.466. The van der Waals surface area contributed by atoms with Crippen molar-refractivity contribution in [2.75, 3.05) is 6.61 Å². The van der Waals surface area contributed by atoms with Gasteiger partial charge in [0.05, 0.1) is 6.21 Å². The zero-order valence-electron chi connectivity index (χ0n) is 12.8. The molecule has 1 aromatic carbocycles. The molecule has 4 heteroatoms. The molecule has 0 saturated heterocycles. The van der Waals surface area contributed by atoms with Crippen molar-refractivity contribution in [2.24, 2.45) is 11.1 Å². The van der Waals surface area contributed by atoms with Crippen molar-refractivity contribution in [2.45, 2.75) is 45.6 Å². The van der Waals surface area contributed by atoms with Crippen molar-refractivity contribution < 1.29 is 9.63 Å². The molecule has 2 rings (SSSR count). The molecule has 1 aliphatic rings. The lowest BCUT2D eigenvalue weighted by molar-refractivity contribution is -0.126. The Kier molecular flexibility index (Phi) is 5.78. The highest BCUT2D eigenvalue weighted by molar-refractivity contribution is 5.80. The lowest BCUT2D eigenvalue weighted by atomic mass is 9.86. The van der Waals surface area contributed by atoms with Gasteiger partial charge in [0.15, 0.2) is 6.61 Å². The smallest absolute Gasteiger partial charge is 0.261 e. The van der Waals surface area contributed by atoms with Gasteiger partial charge in [0.25, 0.3) is 5.91 Å². The van der Waals surface area contributed by atoms with Gasteiger partial charge in [0, 0.05) is 6.04 Å². The van der Waals surface area contributed by atoms with Crippen molar-refractivity contribution in [3.8, 4) is 0 Å². The lowest BCUT2D eigenvalue weighted by Gasteiger charge is -2.29. The number of benzene rings is 1. The minimum Gasteiger partial charge on any atom is -0.386 e. The average molecular weight is 288 g/mol. The third-order valence-electron chi connectivity index (χ3n) is 4.01. The van der Waals surface area contributed by atoms with Crippen LogP contribution in [0.25, 0.3) is 0 Å². The highest BCUT2D eigenvalue weighted by Crippen LogP contribution is 2.23. The van der Waals surface area contributed by atoms with Gasteiger partial charge in [-0.05, 0) is 31.2 Å². The highest BCUT2D eigenvalue weighted by Gasteiger charge is 2.22. The molecule has 0 aromatic heterocycles. The average Bonchev–Trinajstić information content (AvgIpc) is 2.48. The van der Waals surface area contributed by atoms with Gasteiger partial charge < -0.3 is 10.2 Å². The Bertz CT molecular complexity index is 482. The van der Waals surface area contributed by atoms with E-state index >= 15 is 0 Å². The number of rotatable bonds is 5. The largest absolute Gasteiger partial charge is 0.386 e. The minimum absolute atomic E-state index is 0.0222. The van der Waals surface area contributed by atoms with Crippen molar-refractivity contribution in [3.05, 3.63) is 35.4 Å². The highest BCUT2D eigenvalue weighted by atomic mass is 16.6. The second-order valence-electron chi connectivity index (χ2n) is 5.85. The summed E-state index contributed by atoms with van der Waals surface area (Å²) in [6.45, 7) is 4.21. The Hall–Kier alpha value is -1.84. The van der Waals surface area contributed by atoms with Gasteiger partial charge in [0.2, 0.25) is 0 Å². The monoisotopic (exact) mass is 288 g/mol. The van der Waals surface area contributed by atoms with Crippen molar-refractivity contribution >= 4 is 12.1 Å². The van der Waals surface area contributed by atoms with E-state index in [-0.39, 0.29) is 18.6 Å². The van der Waals surface area contributed by atoms with E-state index < -0.39 is 0 Å². The van der Waals surface area contributed by atoms with Gasteiger partial charge >= 0.3 is 0 Å². The Balaban J connectivity index is 1.70. The first-order valence-corrected chi connectivity index (χ1v) is 7.66. The maximum Gasteiger partial charge on any atom is 0.261 e. The van der Waals surface area contributed by atoms with Crippen LogP contribution >= 0.6 is 0 Å². The fourth-order valence-corrected chi connectivity index (χ4v) is 2.63. The van der Waals surface area contributed by atoms with Gasteiger partial charge in [-0.1, -0.05) is 54.8 Å². The van der Waals surface area contributed by atoms with Crippen LogP contribution in [0.1, 0.15) is 43.7 Å². The molecule has 1 fully saturated rings. The van der Waals surface area contributed by atoms with Crippen LogP contribution in [0.4, 0.5) is 0 Å². The first-order chi connectivity index (χ1) is 10.1. The summed E-state index contributed by atoms with van der Waals surface area (Å²) >= 11 is 0. The van der Waals surface area contributed by atoms with Crippen LogP contribution in [-0.4, -0.2) is 24.8 Å². The Morgan fingerprint density at radius 1 is 1.33 bits per heavy atom. The summed E-state index contributed by atoms with van der Waals surface area (Å²) in [4.78, 5) is 16.9. The first-order valence-electron chi connectivity index (χ1n) is 7.66. The molecule has 0 bridgehead atoms. The third kappa shape index (κ3) is 5.21. The number of oxime groups is 1. The molecular formula is C17H24N2O2. The molecule has 1 saturated carbocycles. The number of carbonyl (C=O) groups excluding carboxylic acids is 1. The molecule has 4 nitrogen and oxygen atoms in total. The molecule has 1 amide bonds. The molecular weight excluding hydrogens is 264 g/mol. The van der Waals surface area contributed by atoms with Crippen LogP contribution in [0.2, 0.25) is 0 Å². The molecule has 0 spiro atoms. The summed E-state index contributed by atoms with van der Waals surface area (Å²) in [5, 5.41) is 6.87. The van der Waals surface area contributed by atoms with E-state index in [1.807, 2.05) is 31.2 Å². The van der Waals surface area contributed by atoms with Crippen molar-refractivity contribution in [3.63, 3.8) is 0 Å². The van der Waals surface area contributed by atoms with E-state index in [0.29, 0.717) is 5.92 Å². The van der Waals surface area contributed by atoms with Crippen LogP contribution in [0.5, 0.6) is 0 Å². The number of carbonyl (C=O) groups is 1. The SMILES string of the molecule is Cc1ccc(/C=N\OCC(=O)N[C@@H]2CCCC[C@H]2C)cc1. The Morgan fingerprint density at radius 2 is 2.05 bits per heavy atom. The quantitative estimate of drug-likeness (QED) is 0.669. The molecule has 0 heterocycles. The van der Waals surface area contributed by atoms with E-state index in [2.05, 4.69) is 17.4 Å². The predicted octanol–water partition coefficient (Wildman–Crippen LogP) is 3.04. The number of nitrogens with zero attached hydrogens (tertiary/aromatic N) is 1. The number of aryl methyl sites for hydroxylation is 1. The number of nitrogens with one attached hydrogen (secondary N) is 1. The standard InChI is InChI=1S/C17H24N2O2/c1-13-7-9-15(10-8-13)11-18-21-12-17(20)19-16-6-4-3-5-14(16)2/h7-11,14,16H,3-6,12H2,1-2H3,(H,19,20)/b18-11-/t14-,16-/m1/s1. The summed E-state index contributed by atoms with van der Waals surface area (Å²) in [6, 6.07) is 8.24. The summed E-state index contributed by atoms with van der Waals surface area (Å²) in [5.41, 5.74) is 2.16. The normalized spacial score (nSPS) is 22.2. The molecule has 2 atom stereocenters. The zero-order chi connectivity index (χ0) is 15.1. The number of amides is 1. The van der Waals surface area contributed by atoms with Gasteiger partial charge in [-0.25, -0.2) is 0 Å². The van der Waals surface area contributed by atoms with Gasteiger partial charge in [-0.3, -0.25) is 4.79 Å². The lowest BCUT2D eigenvalue weighted by Crippen LogP contribution is -2.42. The Labute approximate surface area is 126 Å². The summed E-state index contributed by atoms with van der Waals surface area (Å²) in [6.07, 6.45) is 6.35. The van der Waals surface area contributed by atoms with Crippen molar-refractivity contribution in [1.82, 2.24) is 5.32 Å². The molecule has 1 N–H and O–H groups in total. The molecule has 1 aliphatic carbocycles. The molecule has 0 unspecified atom stereocenters. The molecule has 0 aliphatic heterocycles. The van der Waals surface area contributed by atoms with E-state index in [1.54, 1.807) is 6.21 Å². The minimum atomic E-state index is -0.0881. The van der Waals surface area contributed by atoms with Crippen LogP contribution in [0.3, 0.4) is 0 Å². The van der Waals surface area contributed by atoms with E-state index in [9.17, 15) is 4.79 Å². The van der Waals surface area contributed by atoms with Gasteiger partial charge in [-0.2, -0.15) is 0 Å². The van der Waals surface area contributed by atoms with Crippen LogP contribution < -0.4 is 5.32 Å². The predicted molar refractivity (Wildman–Crippen MR) is 84.3 cm³/mol. The van der Waals surface area contributed by atoms with E-state index in [1.165, 1.54) is 24.8 Å². The van der Waals surface area contributed by atoms with Gasteiger partial charge in [-0.15, -0.1) is 0 Å². The fraction of sp³-hybridized carbons (Fsp3) is 0.529. The molecule has 1 aromatic rings. The zero-order valence-corrected chi connectivity index (χ0v) is 12.8. The summed E-state index contributed by atoms with van der Waals surface area (Å²) < 4.78 is 0. The number of hydrogen-bond donors (Lipinski definition) is 1. The second kappa shape index (κ2) is 7.81. The first kappa shape index (κ1) is 15.5. The maximum atomic E-state index is 11.8. The molecule has 0 radical (unpaired) electrons. The van der Waals surface area contributed by atoms with E-state index in [0.717, 1.165) is 12.0 Å². The van der Waals surface area contributed by atoms with Crippen LogP contribution in [0.15, 0.2) is 29.4 Å². The molecule has 21 heavy (non-hydrogen) atoms. The van der Waals surface area contributed by atoms with Gasteiger partial charge in [0.1, 0.15) is 0 Å². The van der Waals surface area contributed by atoms with Crippen molar-refractivity contribution in [1.29, 1.82) is 0 Å². The molecule has 114 valence electrons. The third-order valence-corrected chi connectivity index (χ3v) is 4.01. The summed E-state index contributed by atoms with van der Waals surface area (Å²) in [7, 11) is 0. The van der Waals surface area contributed by atoms with Crippen LogP contribution in [-0.2, 0) is 9.63 Å². The maximum absolute atomic E-state index is 11.8. The topological polar surface area (TPSA) is 50.7 Å². The second-order valence-corrected chi connectivity index (χ2v) is 5.85. The van der Waals surface area contributed by atoms with Crippen LogP contribution in [0, 0.1) is 12.8 Å². The Morgan fingerprint density at radius 3 is 2.76 bits per heavy atom. The van der Waals surface area contributed by atoms with E-state index in [4.69, 9.17) is 4.84 Å².